The molecule has 20 heavy (non-hydrogen) atoms. The zero-order valence-corrected chi connectivity index (χ0v) is 11.6. The van der Waals surface area contributed by atoms with E-state index in [9.17, 15) is 22.4 Å². The molecule has 0 saturated carbocycles. The number of ketones is 1. The van der Waals surface area contributed by atoms with Crippen LogP contribution in [-0.2, 0) is 6.18 Å². The van der Waals surface area contributed by atoms with Crippen LogP contribution < -0.4 is 0 Å². The van der Waals surface area contributed by atoms with Crippen LogP contribution in [0.15, 0.2) is 24.3 Å². The van der Waals surface area contributed by atoms with Crippen LogP contribution in [0.4, 0.5) is 17.6 Å². The van der Waals surface area contributed by atoms with Crippen molar-refractivity contribution in [1.82, 2.24) is 0 Å². The monoisotopic (exact) mass is 322 g/mol. The molecule has 0 spiro atoms. The smallest absolute Gasteiger partial charge is 0.288 e. The van der Waals surface area contributed by atoms with E-state index in [0.717, 1.165) is 17.4 Å². The normalized spacial score (nSPS) is 11.7. The van der Waals surface area contributed by atoms with E-state index in [2.05, 4.69) is 0 Å². The largest absolute Gasteiger partial charge is 0.419 e. The van der Waals surface area contributed by atoms with Crippen LogP contribution in [0.2, 0.25) is 4.34 Å². The molecule has 0 amide bonds. The van der Waals surface area contributed by atoms with Crippen LogP contribution >= 0.6 is 22.9 Å². The number of carbonyl (C=O) groups is 1. The van der Waals surface area contributed by atoms with Gasteiger partial charge in [0.25, 0.3) is 0 Å². The average molecular weight is 323 g/mol. The van der Waals surface area contributed by atoms with Gasteiger partial charge in [-0.05, 0) is 36.8 Å². The van der Waals surface area contributed by atoms with Crippen molar-refractivity contribution in [2.45, 2.75) is 13.1 Å². The standard InChI is InChI=1S/C13H7ClF4OS/c1-6-4-10(20-12(6)14)11(19)7-2-3-9(15)8(5-7)13(16,17)18/h2-5H,1H3. The number of carbonyl (C=O) groups excluding carboxylic acids is 1. The second kappa shape index (κ2) is 5.18. The molecule has 106 valence electrons. The Hall–Kier alpha value is -1.40. The number of thiophene rings is 1. The fourth-order valence-corrected chi connectivity index (χ4v) is 2.76. The summed E-state index contributed by atoms with van der Waals surface area (Å²) in [7, 11) is 0. The first-order valence-corrected chi connectivity index (χ1v) is 6.57. The molecule has 2 aromatic rings. The van der Waals surface area contributed by atoms with E-state index in [4.69, 9.17) is 11.6 Å². The maximum Gasteiger partial charge on any atom is 0.419 e. The number of halogens is 5. The lowest BCUT2D eigenvalue weighted by molar-refractivity contribution is -0.140. The molecule has 0 saturated heterocycles. The van der Waals surface area contributed by atoms with Crippen molar-refractivity contribution in [1.29, 1.82) is 0 Å². The first-order valence-electron chi connectivity index (χ1n) is 5.37. The maximum atomic E-state index is 13.1. The summed E-state index contributed by atoms with van der Waals surface area (Å²) >= 11 is 6.79. The summed E-state index contributed by atoms with van der Waals surface area (Å²) in [6.07, 6.45) is -4.84. The zero-order valence-electron chi connectivity index (χ0n) is 10.0. The van der Waals surface area contributed by atoms with Gasteiger partial charge in [0.1, 0.15) is 5.82 Å². The fraction of sp³-hybridized carbons (Fsp3) is 0.154. The lowest BCUT2D eigenvalue weighted by Gasteiger charge is -2.09. The highest BCUT2D eigenvalue weighted by atomic mass is 35.5. The van der Waals surface area contributed by atoms with Crippen molar-refractivity contribution in [2.75, 3.05) is 0 Å². The Morgan fingerprint density at radius 1 is 1.25 bits per heavy atom. The van der Waals surface area contributed by atoms with Gasteiger partial charge in [-0.15, -0.1) is 11.3 Å². The summed E-state index contributed by atoms with van der Waals surface area (Å²) in [5.74, 6) is -2.02. The molecule has 0 atom stereocenters. The highest BCUT2D eigenvalue weighted by molar-refractivity contribution is 7.18. The molecule has 0 fully saturated rings. The van der Waals surface area contributed by atoms with Gasteiger partial charge in [0.15, 0.2) is 0 Å². The number of rotatable bonds is 2. The van der Waals surface area contributed by atoms with Crippen molar-refractivity contribution in [2.24, 2.45) is 0 Å². The Balaban J connectivity index is 2.46. The Morgan fingerprint density at radius 2 is 1.90 bits per heavy atom. The number of benzene rings is 1. The average Bonchev–Trinajstić information content (AvgIpc) is 2.68. The zero-order chi connectivity index (χ0) is 15.1. The summed E-state index contributed by atoms with van der Waals surface area (Å²) in [4.78, 5) is 12.3. The minimum atomic E-state index is -4.84. The number of hydrogen-bond donors (Lipinski definition) is 0. The number of alkyl halides is 3. The van der Waals surface area contributed by atoms with Gasteiger partial charge in [-0.3, -0.25) is 4.79 Å². The SMILES string of the molecule is Cc1cc(C(=O)c2ccc(F)c(C(F)(F)F)c2)sc1Cl. The predicted molar refractivity (Wildman–Crippen MR) is 68.9 cm³/mol. The third-order valence-corrected chi connectivity index (χ3v) is 4.17. The lowest BCUT2D eigenvalue weighted by Crippen LogP contribution is -2.10. The Bertz CT molecular complexity index is 656. The molecular formula is C13H7ClF4OS. The summed E-state index contributed by atoms with van der Waals surface area (Å²) in [5, 5.41) is 0. The Labute approximate surface area is 120 Å². The van der Waals surface area contributed by atoms with E-state index < -0.39 is 23.3 Å². The van der Waals surface area contributed by atoms with Crippen LogP contribution in [0, 0.1) is 12.7 Å². The molecule has 7 heteroatoms. The Morgan fingerprint density at radius 3 is 2.40 bits per heavy atom. The van der Waals surface area contributed by atoms with E-state index in [0.29, 0.717) is 22.0 Å². The van der Waals surface area contributed by atoms with E-state index >= 15 is 0 Å². The van der Waals surface area contributed by atoms with Crippen LogP contribution in [0.25, 0.3) is 0 Å². The minimum absolute atomic E-state index is 0.215. The Kier molecular flexibility index (Phi) is 3.88. The molecule has 0 aliphatic rings. The summed E-state index contributed by atoms with van der Waals surface area (Å²) < 4.78 is 51.3. The third-order valence-electron chi connectivity index (χ3n) is 2.61. The fourth-order valence-electron chi connectivity index (χ4n) is 1.60. The van der Waals surface area contributed by atoms with E-state index in [1.807, 2.05) is 0 Å². The molecule has 0 bridgehead atoms. The summed E-state index contributed by atoms with van der Waals surface area (Å²) in [5.41, 5.74) is -1.02. The molecule has 1 aromatic heterocycles. The van der Waals surface area contributed by atoms with Gasteiger partial charge in [0.05, 0.1) is 14.8 Å². The molecule has 0 N–H and O–H groups in total. The number of aryl methyl sites for hydroxylation is 1. The van der Waals surface area contributed by atoms with Gasteiger partial charge in [-0.2, -0.15) is 13.2 Å². The first kappa shape index (κ1) is 15.0. The quantitative estimate of drug-likeness (QED) is 0.555. The number of hydrogen-bond acceptors (Lipinski definition) is 2. The van der Waals surface area contributed by atoms with Crippen molar-refractivity contribution in [3.05, 3.63) is 56.0 Å². The summed E-state index contributed by atoms with van der Waals surface area (Å²) in [6.45, 7) is 1.68. The highest BCUT2D eigenvalue weighted by Gasteiger charge is 2.34. The molecule has 0 aliphatic carbocycles. The second-order valence-electron chi connectivity index (χ2n) is 4.09. The topological polar surface area (TPSA) is 17.1 Å². The van der Waals surface area contributed by atoms with E-state index in [-0.39, 0.29) is 10.4 Å². The van der Waals surface area contributed by atoms with E-state index in [1.165, 1.54) is 6.07 Å². The second-order valence-corrected chi connectivity index (χ2v) is 5.74. The molecule has 0 aliphatic heterocycles. The highest BCUT2D eigenvalue weighted by Crippen LogP contribution is 2.33. The molecule has 1 aromatic carbocycles. The van der Waals surface area contributed by atoms with Crippen molar-refractivity contribution < 1.29 is 22.4 Å². The lowest BCUT2D eigenvalue weighted by atomic mass is 10.1. The molecule has 1 nitrogen and oxygen atoms in total. The minimum Gasteiger partial charge on any atom is -0.288 e. The van der Waals surface area contributed by atoms with Gasteiger partial charge < -0.3 is 0 Å². The van der Waals surface area contributed by atoms with Gasteiger partial charge in [-0.1, -0.05) is 11.6 Å². The predicted octanol–water partition coefficient (Wildman–Crippen LogP) is 5.10. The van der Waals surface area contributed by atoms with Crippen LogP contribution in [0.5, 0.6) is 0 Å². The van der Waals surface area contributed by atoms with Gasteiger partial charge in [0, 0.05) is 5.56 Å². The van der Waals surface area contributed by atoms with Crippen LogP contribution in [0.1, 0.15) is 26.4 Å². The van der Waals surface area contributed by atoms with Crippen molar-refractivity contribution >= 4 is 28.7 Å². The molecule has 0 radical (unpaired) electrons. The van der Waals surface area contributed by atoms with Crippen LogP contribution in [0.3, 0.4) is 0 Å². The first-order chi connectivity index (χ1) is 9.20. The van der Waals surface area contributed by atoms with Gasteiger partial charge in [0.2, 0.25) is 5.78 Å². The molecule has 1 heterocycles. The molecular weight excluding hydrogens is 316 g/mol. The summed E-state index contributed by atoms with van der Waals surface area (Å²) in [6, 6.07) is 3.67. The van der Waals surface area contributed by atoms with Crippen LogP contribution in [-0.4, -0.2) is 5.78 Å². The molecule has 0 unspecified atom stereocenters. The third kappa shape index (κ3) is 2.86. The van der Waals surface area contributed by atoms with Crippen molar-refractivity contribution in [3.63, 3.8) is 0 Å². The van der Waals surface area contributed by atoms with Gasteiger partial charge in [-0.25, -0.2) is 4.39 Å². The maximum absolute atomic E-state index is 13.1. The van der Waals surface area contributed by atoms with Crippen molar-refractivity contribution in [3.8, 4) is 0 Å². The van der Waals surface area contributed by atoms with E-state index in [1.54, 1.807) is 6.92 Å². The van der Waals surface area contributed by atoms with Gasteiger partial charge >= 0.3 is 6.18 Å². The molecule has 2 rings (SSSR count).